The number of pyridine rings is 1. The number of nitrogens with one attached hydrogen (secondary N) is 1. The predicted molar refractivity (Wildman–Crippen MR) is 93.1 cm³/mol. The number of anilines is 3. The van der Waals surface area contributed by atoms with E-state index in [0.717, 1.165) is 5.69 Å². The van der Waals surface area contributed by atoms with E-state index < -0.39 is 0 Å². The minimum atomic E-state index is -0.365. The van der Waals surface area contributed by atoms with Crippen LogP contribution in [0.2, 0.25) is 0 Å². The van der Waals surface area contributed by atoms with Crippen molar-refractivity contribution in [2.45, 2.75) is 0 Å². The lowest BCUT2D eigenvalue weighted by molar-refractivity contribution is 0.0992. The molecular formula is C19H16FN3O. The zero-order valence-electron chi connectivity index (χ0n) is 13.1. The van der Waals surface area contributed by atoms with Gasteiger partial charge in [-0.1, -0.05) is 30.3 Å². The van der Waals surface area contributed by atoms with E-state index in [4.69, 9.17) is 0 Å². The third-order valence-electron chi connectivity index (χ3n) is 3.59. The summed E-state index contributed by atoms with van der Waals surface area (Å²) < 4.78 is 13.7. The summed E-state index contributed by atoms with van der Waals surface area (Å²) in [5.74, 6) is -0.554. The number of para-hydroxylation sites is 2. The van der Waals surface area contributed by atoms with Crippen molar-refractivity contribution in [3.8, 4) is 0 Å². The van der Waals surface area contributed by atoms with E-state index in [9.17, 15) is 9.18 Å². The van der Waals surface area contributed by atoms with E-state index in [1.165, 1.54) is 12.3 Å². The van der Waals surface area contributed by atoms with E-state index in [1.54, 1.807) is 42.4 Å². The van der Waals surface area contributed by atoms with Gasteiger partial charge < -0.3 is 10.2 Å². The van der Waals surface area contributed by atoms with Crippen molar-refractivity contribution in [3.05, 3.63) is 84.4 Å². The lowest BCUT2D eigenvalue weighted by Crippen LogP contribution is -2.26. The summed E-state index contributed by atoms with van der Waals surface area (Å²) in [6, 6.07) is 17.3. The van der Waals surface area contributed by atoms with E-state index in [-0.39, 0.29) is 11.7 Å². The molecule has 0 aliphatic rings. The van der Waals surface area contributed by atoms with Gasteiger partial charge in [0.1, 0.15) is 5.82 Å². The molecule has 5 heteroatoms. The number of nitrogens with zero attached hydrogens (tertiary/aromatic N) is 2. The average molecular weight is 321 g/mol. The Balaban J connectivity index is 1.82. The van der Waals surface area contributed by atoms with Crippen LogP contribution in [0.15, 0.2) is 73.1 Å². The molecule has 0 radical (unpaired) electrons. The molecule has 0 saturated heterocycles. The van der Waals surface area contributed by atoms with Gasteiger partial charge in [0.25, 0.3) is 5.91 Å². The van der Waals surface area contributed by atoms with Crippen LogP contribution < -0.4 is 10.2 Å². The maximum Gasteiger partial charge on any atom is 0.259 e. The second-order valence-electron chi connectivity index (χ2n) is 5.27. The fraction of sp³-hybridized carbons (Fsp3) is 0.0526. The van der Waals surface area contributed by atoms with Gasteiger partial charge in [0.15, 0.2) is 0 Å². The first-order valence-corrected chi connectivity index (χ1v) is 7.45. The van der Waals surface area contributed by atoms with Crippen LogP contribution in [0.25, 0.3) is 0 Å². The third kappa shape index (κ3) is 3.41. The van der Waals surface area contributed by atoms with E-state index in [2.05, 4.69) is 10.3 Å². The fourth-order valence-electron chi connectivity index (χ4n) is 2.31. The van der Waals surface area contributed by atoms with Crippen molar-refractivity contribution >= 4 is 23.0 Å². The summed E-state index contributed by atoms with van der Waals surface area (Å²) in [6.45, 7) is 0. The molecule has 0 unspecified atom stereocenters. The van der Waals surface area contributed by atoms with Crippen LogP contribution in [0, 0.1) is 5.82 Å². The Morgan fingerprint density at radius 3 is 2.50 bits per heavy atom. The molecule has 120 valence electrons. The molecular weight excluding hydrogens is 305 g/mol. The minimum absolute atomic E-state index is 0.189. The highest BCUT2D eigenvalue weighted by atomic mass is 19.1. The van der Waals surface area contributed by atoms with Crippen LogP contribution in [0.3, 0.4) is 0 Å². The van der Waals surface area contributed by atoms with Crippen molar-refractivity contribution in [1.29, 1.82) is 0 Å². The summed E-state index contributed by atoms with van der Waals surface area (Å²) >= 11 is 0. The molecule has 0 spiro atoms. The smallest absolute Gasteiger partial charge is 0.259 e. The number of amides is 1. The summed E-state index contributed by atoms with van der Waals surface area (Å²) in [4.78, 5) is 18.2. The Hall–Kier alpha value is -3.21. The first-order chi connectivity index (χ1) is 11.6. The largest absolute Gasteiger partial charge is 0.352 e. The van der Waals surface area contributed by atoms with E-state index in [0.29, 0.717) is 16.9 Å². The molecule has 3 rings (SSSR count). The fourth-order valence-corrected chi connectivity index (χ4v) is 2.31. The highest BCUT2D eigenvalue weighted by molar-refractivity contribution is 6.06. The Morgan fingerprint density at radius 1 is 1.04 bits per heavy atom. The van der Waals surface area contributed by atoms with Gasteiger partial charge >= 0.3 is 0 Å². The van der Waals surface area contributed by atoms with Crippen LogP contribution >= 0.6 is 0 Å². The molecule has 0 aliphatic heterocycles. The monoisotopic (exact) mass is 321 g/mol. The van der Waals surface area contributed by atoms with Crippen molar-refractivity contribution in [2.75, 3.05) is 17.3 Å². The standard InChI is InChI=1S/C19H16FN3O/c1-23(16-7-3-2-4-8-16)19(24)14-11-15(13-21-12-14)22-18-10-6-5-9-17(18)20/h2-13,22H,1H3. The van der Waals surface area contributed by atoms with Crippen molar-refractivity contribution in [2.24, 2.45) is 0 Å². The van der Waals surface area contributed by atoms with Gasteiger partial charge in [-0.05, 0) is 30.3 Å². The molecule has 1 amide bonds. The van der Waals surface area contributed by atoms with E-state index in [1.807, 2.05) is 30.3 Å². The molecule has 1 heterocycles. The lowest BCUT2D eigenvalue weighted by Gasteiger charge is -2.17. The normalized spacial score (nSPS) is 10.2. The summed E-state index contributed by atoms with van der Waals surface area (Å²) in [6.07, 6.45) is 3.04. The molecule has 3 aromatic rings. The Labute approximate surface area is 139 Å². The van der Waals surface area contributed by atoms with Gasteiger partial charge in [-0.25, -0.2) is 4.39 Å². The summed E-state index contributed by atoms with van der Waals surface area (Å²) in [7, 11) is 1.70. The van der Waals surface area contributed by atoms with Gasteiger partial charge in [0.05, 0.1) is 23.1 Å². The van der Waals surface area contributed by atoms with Gasteiger partial charge in [0.2, 0.25) is 0 Å². The number of halogens is 1. The molecule has 0 bridgehead atoms. The second kappa shape index (κ2) is 6.91. The quantitative estimate of drug-likeness (QED) is 0.782. The molecule has 1 N–H and O–H groups in total. The number of hydrogen-bond donors (Lipinski definition) is 1. The SMILES string of the molecule is CN(C(=O)c1cncc(Nc2ccccc2F)c1)c1ccccc1. The molecule has 0 atom stereocenters. The number of carbonyl (C=O) groups excluding carboxylic acids is 1. The lowest BCUT2D eigenvalue weighted by atomic mass is 10.2. The Kier molecular flexibility index (Phi) is 4.52. The maximum absolute atomic E-state index is 13.7. The molecule has 0 aliphatic carbocycles. The number of carbonyl (C=O) groups is 1. The maximum atomic E-state index is 13.7. The number of rotatable bonds is 4. The first-order valence-electron chi connectivity index (χ1n) is 7.45. The van der Waals surface area contributed by atoms with E-state index >= 15 is 0 Å². The summed E-state index contributed by atoms with van der Waals surface area (Å²) in [5.41, 5.74) is 2.09. The first kappa shape index (κ1) is 15.7. The molecule has 2 aromatic carbocycles. The van der Waals surface area contributed by atoms with Gasteiger partial charge in [-0.3, -0.25) is 9.78 Å². The Morgan fingerprint density at radius 2 is 1.75 bits per heavy atom. The minimum Gasteiger partial charge on any atom is -0.352 e. The number of hydrogen-bond acceptors (Lipinski definition) is 3. The van der Waals surface area contributed by atoms with Crippen LogP contribution in [0.1, 0.15) is 10.4 Å². The molecule has 4 nitrogen and oxygen atoms in total. The van der Waals surface area contributed by atoms with Gasteiger partial charge in [-0.2, -0.15) is 0 Å². The zero-order chi connectivity index (χ0) is 16.9. The number of aromatic nitrogens is 1. The topological polar surface area (TPSA) is 45.2 Å². The van der Waals surface area contributed by atoms with Crippen LogP contribution in [-0.4, -0.2) is 17.9 Å². The van der Waals surface area contributed by atoms with Crippen molar-refractivity contribution < 1.29 is 9.18 Å². The van der Waals surface area contributed by atoms with Crippen molar-refractivity contribution in [1.82, 2.24) is 4.98 Å². The zero-order valence-corrected chi connectivity index (χ0v) is 13.1. The van der Waals surface area contributed by atoms with Crippen LogP contribution in [0.5, 0.6) is 0 Å². The van der Waals surface area contributed by atoms with Crippen molar-refractivity contribution in [3.63, 3.8) is 0 Å². The third-order valence-corrected chi connectivity index (χ3v) is 3.59. The van der Waals surface area contributed by atoms with Crippen LogP contribution in [0.4, 0.5) is 21.5 Å². The van der Waals surface area contributed by atoms with Gasteiger partial charge in [-0.15, -0.1) is 0 Å². The second-order valence-corrected chi connectivity index (χ2v) is 5.27. The summed E-state index contributed by atoms with van der Waals surface area (Å²) in [5, 5.41) is 2.94. The number of benzene rings is 2. The predicted octanol–water partition coefficient (Wildman–Crippen LogP) is 4.24. The molecule has 24 heavy (non-hydrogen) atoms. The van der Waals surface area contributed by atoms with Gasteiger partial charge in [0, 0.05) is 18.9 Å². The molecule has 0 saturated carbocycles. The molecule has 0 fully saturated rings. The van der Waals surface area contributed by atoms with Crippen LogP contribution in [-0.2, 0) is 0 Å². The Bertz CT molecular complexity index is 852. The average Bonchev–Trinajstić information content (AvgIpc) is 2.63. The highest BCUT2D eigenvalue weighted by Gasteiger charge is 2.14. The molecule has 1 aromatic heterocycles. The highest BCUT2D eigenvalue weighted by Crippen LogP contribution is 2.21.